The second-order valence-corrected chi connectivity index (χ2v) is 4.94. The van der Waals surface area contributed by atoms with E-state index in [-0.39, 0.29) is 0 Å². The molecule has 0 bridgehead atoms. The molecule has 0 heterocycles. The van der Waals surface area contributed by atoms with Crippen molar-refractivity contribution in [2.24, 2.45) is 5.92 Å². The van der Waals surface area contributed by atoms with E-state index >= 15 is 0 Å². The molecule has 1 aromatic carbocycles. The third kappa shape index (κ3) is 4.26. The molecule has 1 rings (SSSR count). The van der Waals surface area contributed by atoms with Gasteiger partial charge in [-0.25, -0.2) is 8.78 Å². The first-order valence-electron chi connectivity index (χ1n) is 6.34. The first-order valence-corrected chi connectivity index (χ1v) is 6.34. The normalized spacial score (nSPS) is 14.5. The van der Waals surface area contributed by atoms with E-state index in [0.717, 1.165) is 25.0 Å². The first-order chi connectivity index (χ1) is 8.43. The van der Waals surface area contributed by atoms with Crippen LogP contribution < -0.4 is 5.32 Å². The summed E-state index contributed by atoms with van der Waals surface area (Å²) in [5, 5.41) is 12.2. The van der Waals surface area contributed by atoms with Gasteiger partial charge < -0.3 is 10.4 Å². The van der Waals surface area contributed by atoms with Gasteiger partial charge in [0.2, 0.25) is 0 Å². The van der Waals surface area contributed by atoms with E-state index in [9.17, 15) is 8.78 Å². The lowest BCUT2D eigenvalue weighted by Crippen LogP contribution is -2.27. The van der Waals surface area contributed by atoms with E-state index in [1.54, 1.807) is 0 Å². The van der Waals surface area contributed by atoms with Gasteiger partial charge in [0.15, 0.2) is 17.4 Å². The predicted molar refractivity (Wildman–Crippen MR) is 68.4 cm³/mol. The smallest absolute Gasteiger partial charge is 0.187 e. The van der Waals surface area contributed by atoms with Crippen LogP contribution in [0.2, 0.25) is 0 Å². The Balaban J connectivity index is 2.53. The number of phenolic OH excluding ortho intramolecular Hbond substituents is 1. The SMILES string of the molecule is CCC(C)CC(C)NCc1cc(F)c(O)c(F)c1. The number of rotatable bonds is 6. The molecule has 1 aromatic rings. The van der Waals surface area contributed by atoms with Gasteiger partial charge in [-0.1, -0.05) is 20.3 Å². The fourth-order valence-corrected chi connectivity index (χ4v) is 1.87. The first kappa shape index (κ1) is 14.9. The van der Waals surface area contributed by atoms with Crippen molar-refractivity contribution in [2.45, 2.75) is 46.2 Å². The Labute approximate surface area is 107 Å². The van der Waals surface area contributed by atoms with Gasteiger partial charge in [0, 0.05) is 12.6 Å². The largest absolute Gasteiger partial charge is 0.503 e. The third-order valence-electron chi connectivity index (χ3n) is 3.18. The van der Waals surface area contributed by atoms with Crippen molar-refractivity contribution in [3.8, 4) is 5.75 Å². The number of aromatic hydroxyl groups is 1. The summed E-state index contributed by atoms with van der Waals surface area (Å²) in [4.78, 5) is 0. The zero-order valence-corrected chi connectivity index (χ0v) is 11.1. The average Bonchev–Trinajstić information content (AvgIpc) is 2.33. The second-order valence-electron chi connectivity index (χ2n) is 4.94. The Morgan fingerprint density at radius 2 is 1.78 bits per heavy atom. The molecule has 4 heteroatoms. The van der Waals surface area contributed by atoms with E-state index in [1.807, 2.05) is 0 Å². The summed E-state index contributed by atoms with van der Waals surface area (Å²) in [6, 6.07) is 2.60. The number of phenols is 1. The van der Waals surface area contributed by atoms with Crippen LogP contribution in [0.1, 0.15) is 39.2 Å². The van der Waals surface area contributed by atoms with Crippen molar-refractivity contribution in [3.63, 3.8) is 0 Å². The van der Waals surface area contributed by atoms with E-state index in [1.165, 1.54) is 0 Å². The minimum Gasteiger partial charge on any atom is -0.503 e. The quantitative estimate of drug-likeness (QED) is 0.816. The maximum atomic E-state index is 13.1. The van der Waals surface area contributed by atoms with Crippen LogP contribution in [0.25, 0.3) is 0 Å². The van der Waals surface area contributed by atoms with Crippen LogP contribution in [-0.4, -0.2) is 11.1 Å². The van der Waals surface area contributed by atoms with Crippen molar-refractivity contribution in [1.82, 2.24) is 5.32 Å². The fraction of sp³-hybridized carbons (Fsp3) is 0.571. The number of benzene rings is 1. The van der Waals surface area contributed by atoms with E-state index < -0.39 is 17.4 Å². The standard InChI is InChI=1S/C14H21F2NO/c1-4-9(2)5-10(3)17-8-11-6-12(15)14(18)13(16)7-11/h6-7,9-10,17-18H,4-5,8H2,1-3H3. The molecule has 102 valence electrons. The number of nitrogens with one attached hydrogen (secondary N) is 1. The van der Waals surface area contributed by atoms with Crippen LogP contribution >= 0.6 is 0 Å². The molecule has 0 saturated carbocycles. The zero-order valence-electron chi connectivity index (χ0n) is 11.1. The monoisotopic (exact) mass is 257 g/mol. The summed E-state index contributed by atoms with van der Waals surface area (Å²) < 4.78 is 26.2. The van der Waals surface area contributed by atoms with Crippen LogP contribution in [0.4, 0.5) is 8.78 Å². The van der Waals surface area contributed by atoms with Crippen molar-refractivity contribution in [2.75, 3.05) is 0 Å². The van der Waals surface area contributed by atoms with Gasteiger partial charge >= 0.3 is 0 Å². The Morgan fingerprint density at radius 3 is 2.28 bits per heavy atom. The van der Waals surface area contributed by atoms with Crippen LogP contribution in [0, 0.1) is 17.6 Å². The van der Waals surface area contributed by atoms with E-state index in [4.69, 9.17) is 5.11 Å². The second kappa shape index (κ2) is 6.69. The molecule has 2 unspecified atom stereocenters. The molecule has 2 N–H and O–H groups in total. The van der Waals surface area contributed by atoms with Gasteiger partial charge in [0.25, 0.3) is 0 Å². The van der Waals surface area contributed by atoms with Gasteiger partial charge in [-0.15, -0.1) is 0 Å². The summed E-state index contributed by atoms with van der Waals surface area (Å²) in [6.07, 6.45) is 2.15. The van der Waals surface area contributed by atoms with Crippen LogP contribution in [0.5, 0.6) is 5.75 Å². The summed E-state index contributed by atoms with van der Waals surface area (Å²) in [7, 11) is 0. The summed E-state index contributed by atoms with van der Waals surface area (Å²) >= 11 is 0. The Kier molecular flexibility index (Phi) is 5.54. The third-order valence-corrected chi connectivity index (χ3v) is 3.18. The topological polar surface area (TPSA) is 32.3 Å². The molecule has 0 aliphatic rings. The molecule has 0 aliphatic carbocycles. The van der Waals surface area contributed by atoms with Gasteiger partial charge in [-0.3, -0.25) is 0 Å². The molecule has 0 aliphatic heterocycles. The highest BCUT2D eigenvalue weighted by atomic mass is 19.1. The Morgan fingerprint density at radius 1 is 1.22 bits per heavy atom. The Hall–Kier alpha value is -1.16. The van der Waals surface area contributed by atoms with Crippen molar-refractivity contribution >= 4 is 0 Å². The lowest BCUT2D eigenvalue weighted by molar-refractivity contribution is 0.392. The van der Waals surface area contributed by atoms with Gasteiger partial charge in [0.1, 0.15) is 0 Å². The molecular formula is C14H21F2NO. The van der Waals surface area contributed by atoms with Crippen molar-refractivity contribution < 1.29 is 13.9 Å². The number of hydrogen-bond acceptors (Lipinski definition) is 2. The molecule has 0 saturated heterocycles. The lowest BCUT2D eigenvalue weighted by Gasteiger charge is -2.17. The minimum absolute atomic E-state index is 0.292. The van der Waals surface area contributed by atoms with Crippen LogP contribution in [0.15, 0.2) is 12.1 Å². The molecule has 2 atom stereocenters. The zero-order chi connectivity index (χ0) is 13.7. The summed E-state index contributed by atoms with van der Waals surface area (Å²) in [6.45, 7) is 6.77. The maximum absolute atomic E-state index is 13.1. The fourth-order valence-electron chi connectivity index (χ4n) is 1.87. The molecule has 0 fully saturated rings. The highest BCUT2D eigenvalue weighted by Gasteiger charge is 2.11. The number of hydrogen-bond donors (Lipinski definition) is 2. The lowest BCUT2D eigenvalue weighted by atomic mass is 10.0. The molecule has 0 aromatic heterocycles. The van der Waals surface area contributed by atoms with Crippen molar-refractivity contribution in [3.05, 3.63) is 29.3 Å². The molecular weight excluding hydrogens is 236 g/mol. The molecule has 0 amide bonds. The molecule has 0 radical (unpaired) electrons. The maximum Gasteiger partial charge on any atom is 0.187 e. The average molecular weight is 257 g/mol. The highest BCUT2D eigenvalue weighted by Crippen LogP contribution is 2.21. The van der Waals surface area contributed by atoms with Gasteiger partial charge in [-0.05, 0) is 37.0 Å². The highest BCUT2D eigenvalue weighted by molar-refractivity contribution is 5.29. The minimum atomic E-state index is -0.915. The number of halogens is 2. The summed E-state index contributed by atoms with van der Waals surface area (Å²) in [5.74, 6) is -2.12. The molecule has 0 spiro atoms. The Bertz CT molecular complexity index is 372. The van der Waals surface area contributed by atoms with E-state index in [2.05, 4.69) is 26.1 Å². The predicted octanol–water partition coefficient (Wildman–Crippen LogP) is 3.58. The van der Waals surface area contributed by atoms with Gasteiger partial charge in [-0.2, -0.15) is 0 Å². The van der Waals surface area contributed by atoms with Crippen molar-refractivity contribution in [1.29, 1.82) is 0 Å². The summed E-state index contributed by atoms with van der Waals surface area (Å²) in [5.41, 5.74) is 0.499. The van der Waals surface area contributed by atoms with E-state index in [0.29, 0.717) is 24.1 Å². The molecule has 2 nitrogen and oxygen atoms in total. The molecule has 18 heavy (non-hydrogen) atoms. The van der Waals surface area contributed by atoms with Gasteiger partial charge in [0.05, 0.1) is 0 Å². The van der Waals surface area contributed by atoms with Crippen LogP contribution in [0.3, 0.4) is 0 Å². The van der Waals surface area contributed by atoms with Crippen LogP contribution in [-0.2, 0) is 6.54 Å².